The summed E-state index contributed by atoms with van der Waals surface area (Å²) in [7, 11) is 0. The first-order valence-corrected chi connectivity index (χ1v) is 5.35. The fraction of sp³-hybridized carbons (Fsp3) is 0.700. The highest BCUT2D eigenvalue weighted by molar-refractivity contribution is 5.90. The van der Waals surface area contributed by atoms with Crippen molar-refractivity contribution in [1.29, 1.82) is 0 Å². The van der Waals surface area contributed by atoms with Gasteiger partial charge in [0.2, 0.25) is 17.7 Å². The molecule has 0 saturated heterocycles. The number of hydrogen-bond donors (Lipinski definition) is 3. The Morgan fingerprint density at radius 3 is 2.00 bits per heavy atom. The lowest BCUT2D eigenvalue weighted by Gasteiger charge is -2.25. The van der Waals surface area contributed by atoms with E-state index in [2.05, 4.69) is 0 Å². The van der Waals surface area contributed by atoms with Crippen LogP contribution < -0.4 is 17.2 Å². The third kappa shape index (κ3) is 6.52. The second-order valence-electron chi connectivity index (χ2n) is 4.36. The molecule has 1 unspecified atom stereocenters. The van der Waals surface area contributed by atoms with Gasteiger partial charge in [-0.3, -0.25) is 14.4 Å². The van der Waals surface area contributed by atoms with E-state index < -0.39 is 23.8 Å². The van der Waals surface area contributed by atoms with Crippen LogP contribution in [0.4, 0.5) is 0 Å². The number of hydrogen-bond acceptors (Lipinski definition) is 4. The van der Waals surface area contributed by atoms with Crippen LogP contribution in [0.3, 0.4) is 0 Å². The smallest absolute Gasteiger partial charge is 0.240 e. The zero-order chi connectivity index (χ0) is 13.6. The molecule has 7 heteroatoms. The molecule has 6 N–H and O–H groups in total. The highest BCUT2D eigenvalue weighted by Crippen LogP contribution is 2.02. The van der Waals surface area contributed by atoms with Crippen molar-refractivity contribution in [1.82, 2.24) is 4.90 Å². The molecule has 0 heterocycles. The average molecular weight is 244 g/mol. The fourth-order valence-electron chi connectivity index (χ4n) is 1.40. The molecule has 0 saturated carbocycles. The molecule has 0 radical (unpaired) electrons. The van der Waals surface area contributed by atoms with Gasteiger partial charge in [-0.25, -0.2) is 0 Å². The van der Waals surface area contributed by atoms with E-state index in [1.807, 2.05) is 13.8 Å². The molecule has 17 heavy (non-hydrogen) atoms. The first kappa shape index (κ1) is 15.4. The summed E-state index contributed by atoms with van der Waals surface area (Å²) in [5.74, 6) is -1.60. The van der Waals surface area contributed by atoms with Crippen molar-refractivity contribution < 1.29 is 14.4 Å². The van der Waals surface area contributed by atoms with Crippen LogP contribution in [0.15, 0.2) is 0 Å². The first-order valence-electron chi connectivity index (χ1n) is 5.35. The molecule has 7 nitrogen and oxygen atoms in total. The Morgan fingerprint density at radius 1 is 1.12 bits per heavy atom. The van der Waals surface area contributed by atoms with Crippen LogP contribution >= 0.6 is 0 Å². The maximum Gasteiger partial charge on any atom is 0.240 e. The summed E-state index contributed by atoms with van der Waals surface area (Å²) < 4.78 is 0. The summed E-state index contributed by atoms with van der Waals surface area (Å²) in [6.45, 7) is 3.93. The van der Waals surface area contributed by atoms with Gasteiger partial charge in [-0.05, 0) is 5.92 Å². The summed E-state index contributed by atoms with van der Waals surface area (Å²) in [6, 6.07) is -1.02. The molecule has 0 fully saturated rings. The van der Waals surface area contributed by atoms with Crippen LogP contribution in [0.1, 0.15) is 20.3 Å². The van der Waals surface area contributed by atoms with Gasteiger partial charge < -0.3 is 22.1 Å². The Morgan fingerprint density at radius 2 is 1.65 bits per heavy atom. The van der Waals surface area contributed by atoms with Crippen LogP contribution in [0.25, 0.3) is 0 Å². The highest BCUT2D eigenvalue weighted by atomic mass is 16.2. The van der Waals surface area contributed by atoms with Crippen molar-refractivity contribution in [3.63, 3.8) is 0 Å². The maximum absolute atomic E-state index is 11.8. The minimum atomic E-state index is -1.02. The van der Waals surface area contributed by atoms with E-state index in [0.717, 1.165) is 0 Å². The molecule has 0 aromatic rings. The maximum atomic E-state index is 11.8. The molecule has 0 bridgehead atoms. The summed E-state index contributed by atoms with van der Waals surface area (Å²) in [5, 5.41) is 0. The minimum absolute atomic E-state index is 0.166. The predicted octanol–water partition coefficient (Wildman–Crippen LogP) is -1.84. The van der Waals surface area contributed by atoms with Gasteiger partial charge in [0, 0.05) is 6.54 Å². The molecule has 0 aliphatic rings. The topological polar surface area (TPSA) is 133 Å². The zero-order valence-corrected chi connectivity index (χ0v) is 10.2. The lowest BCUT2D eigenvalue weighted by atomic mass is 10.1. The van der Waals surface area contributed by atoms with Crippen LogP contribution in [-0.2, 0) is 14.4 Å². The highest BCUT2D eigenvalue weighted by Gasteiger charge is 2.24. The van der Waals surface area contributed by atoms with Crippen LogP contribution in [0.5, 0.6) is 0 Å². The van der Waals surface area contributed by atoms with E-state index in [9.17, 15) is 14.4 Å². The van der Waals surface area contributed by atoms with Crippen molar-refractivity contribution in [2.45, 2.75) is 26.3 Å². The Labute approximate surface area is 100 Å². The number of nitrogens with zero attached hydrogens (tertiary/aromatic N) is 1. The summed E-state index contributed by atoms with van der Waals surface area (Å²) in [4.78, 5) is 34.6. The van der Waals surface area contributed by atoms with Gasteiger partial charge in [0.1, 0.15) is 0 Å². The second-order valence-corrected chi connectivity index (χ2v) is 4.36. The Bertz CT molecular complexity index is 304. The van der Waals surface area contributed by atoms with Gasteiger partial charge in [-0.1, -0.05) is 13.8 Å². The number of nitrogens with two attached hydrogens (primary N) is 3. The Balaban J connectivity index is 4.60. The normalized spacial score (nSPS) is 12.2. The minimum Gasteiger partial charge on any atom is -0.370 e. The Hall–Kier alpha value is -1.63. The molecular formula is C10H20N4O3. The van der Waals surface area contributed by atoms with Crippen LogP contribution in [0.2, 0.25) is 0 Å². The van der Waals surface area contributed by atoms with Crippen LogP contribution in [-0.4, -0.2) is 41.8 Å². The van der Waals surface area contributed by atoms with Gasteiger partial charge in [0.05, 0.1) is 19.0 Å². The number of carbonyl (C=O) groups excluding carboxylic acids is 3. The van der Waals surface area contributed by atoms with E-state index in [1.165, 1.54) is 4.90 Å². The van der Waals surface area contributed by atoms with Gasteiger partial charge >= 0.3 is 0 Å². The molecule has 0 rings (SSSR count). The van der Waals surface area contributed by atoms with Crippen molar-refractivity contribution in [2.24, 2.45) is 23.1 Å². The Kier molecular flexibility index (Phi) is 6.19. The monoisotopic (exact) mass is 244 g/mol. The van der Waals surface area contributed by atoms with E-state index in [-0.39, 0.29) is 18.9 Å². The molecule has 98 valence electrons. The van der Waals surface area contributed by atoms with Crippen LogP contribution in [0, 0.1) is 5.92 Å². The van der Waals surface area contributed by atoms with E-state index >= 15 is 0 Å². The van der Waals surface area contributed by atoms with Gasteiger partial charge in [-0.15, -0.1) is 0 Å². The average Bonchev–Trinajstić information content (AvgIpc) is 2.12. The summed E-state index contributed by atoms with van der Waals surface area (Å²) in [6.07, 6.45) is -0.244. The third-order valence-electron chi connectivity index (χ3n) is 1.98. The third-order valence-corrected chi connectivity index (χ3v) is 1.98. The standard InChI is InChI=1S/C10H20N4O3/c1-6(2)4-14(5-9(13)16)10(17)7(11)3-8(12)15/h6-7H,3-5,11H2,1-2H3,(H2,12,15)(H2,13,16). The van der Waals surface area contributed by atoms with Gasteiger partial charge in [0.15, 0.2) is 0 Å². The molecule has 0 aliphatic heterocycles. The van der Waals surface area contributed by atoms with Crippen molar-refractivity contribution in [3.05, 3.63) is 0 Å². The number of amides is 3. The summed E-state index contributed by atoms with van der Waals surface area (Å²) in [5.41, 5.74) is 15.5. The van der Waals surface area contributed by atoms with Crippen molar-refractivity contribution >= 4 is 17.7 Å². The fourth-order valence-corrected chi connectivity index (χ4v) is 1.40. The van der Waals surface area contributed by atoms with Gasteiger partial charge in [0.25, 0.3) is 0 Å². The lowest BCUT2D eigenvalue weighted by molar-refractivity contribution is -0.138. The number of primary amides is 2. The van der Waals surface area contributed by atoms with E-state index in [4.69, 9.17) is 17.2 Å². The lowest BCUT2D eigenvalue weighted by Crippen LogP contribution is -2.49. The van der Waals surface area contributed by atoms with E-state index in [0.29, 0.717) is 6.54 Å². The second kappa shape index (κ2) is 6.85. The molecule has 0 aromatic heterocycles. The molecule has 3 amide bonds. The van der Waals surface area contributed by atoms with Crippen molar-refractivity contribution in [2.75, 3.05) is 13.1 Å². The number of rotatable bonds is 7. The molecule has 0 spiro atoms. The first-order chi connectivity index (χ1) is 7.73. The van der Waals surface area contributed by atoms with Crippen molar-refractivity contribution in [3.8, 4) is 0 Å². The quantitative estimate of drug-likeness (QED) is 0.485. The summed E-state index contributed by atoms with van der Waals surface area (Å²) >= 11 is 0. The zero-order valence-electron chi connectivity index (χ0n) is 10.2. The SMILES string of the molecule is CC(C)CN(CC(N)=O)C(=O)C(N)CC(N)=O. The predicted molar refractivity (Wildman–Crippen MR) is 62.4 cm³/mol. The molecule has 1 atom stereocenters. The van der Waals surface area contributed by atoms with E-state index in [1.54, 1.807) is 0 Å². The largest absolute Gasteiger partial charge is 0.370 e. The molecule has 0 aromatic carbocycles. The van der Waals surface area contributed by atoms with Gasteiger partial charge in [-0.2, -0.15) is 0 Å². The molecular weight excluding hydrogens is 224 g/mol. The molecule has 0 aliphatic carbocycles. The number of carbonyl (C=O) groups is 3.